The third-order valence-electron chi connectivity index (χ3n) is 3.22. The van der Waals surface area contributed by atoms with Gasteiger partial charge in [0.1, 0.15) is 0 Å². The van der Waals surface area contributed by atoms with Crippen LogP contribution < -0.4 is 5.32 Å². The van der Waals surface area contributed by atoms with Gasteiger partial charge < -0.3 is 10.1 Å². The minimum absolute atomic E-state index is 0.148. The molecule has 1 aromatic heterocycles. The highest BCUT2D eigenvalue weighted by Crippen LogP contribution is 2.24. The van der Waals surface area contributed by atoms with Gasteiger partial charge in [0.15, 0.2) is 6.10 Å². The first-order chi connectivity index (χ1) is 11.8. The number of benzene rings is 1. The summed E-state index contributed by atoms with van der Waals surface area (Å²) in [5, 5.41) is 3.22. The molecule has 1 aromatic carbocycles. The van der Waals surface area contributed by atoms with Gasteiger partial charge in [-0.05, 0) is 37.3 Å². The minimum Gasteiger partial charge on any atom is -0.451 e. The molecule has 2 rings (SSSR count). The van der Waals surface area contributed by atoms with Crippen LogP contribution in [0.15, 0.2) is 30.3 Å². The van der Waals surface area contributed by atoms with Crippen LogP contribution in [0.4, 0.5) is 0 Å². The molecule has 1 N–H and O–H groups in total. The molecule has 5 nitrogen and oxygen atoms in total. The van der Waals surface area contributed by atoms with Gasteiger partial charge >= 0.3 is 5.97 Å². The molecule has 0 aliphatic rings. The Balaban J connectivity index is 2.00. The van der Waals surface area contributed by atoms with E-state index in [9.17, 15) is 14.4 Å². The Morgan fingerprint density at radius 2 is 1.88 bits per heavy atom. The van der Waals surface area contributed by atoms with Gasteiger partial charge in [0.2, 0.25) is 11.7 Å². The average molecular weight is 400 g/mol. The molecule has 0 aliphatic carbocycles. The van der Waals surface area contributed by atoms with Crippen LogP contribution in [0.25, 0.3) is 0 Å². The lowest BCUT2D eigenvalue weighted by Gasteiger charge is -2.11. The monoisotopic (exact) mass is 399 g/mol. The molecule has 1 unspecified atom stereocenters. The second-order valence-electron chi connectivity index (χ2n) is 5.22. The standard InChI is InChI=1S/C17H15Cl2NO4S/c1-9(24-17(23)11-3-5-13(18)14(19)7-11)16(22)15-6-4-12(25-15)8-20-10(2)21/h3-7,9H,8H2,1-2H3,(H,20,21). The largest absolute Gasteiger partial charge is 0.451 e. The van der Waals surface area contributed by atoms with E-state index in [0.29, 0.717) is 16.4 Å². The number of ether oxygens (including phenoxy) is 1. The average Bonchev–Trinajstić information content (AvgIpc) is 3.03. The van der Waals surface area contributed by atoms with Gasteiger partial charge in [-0.2, -0.15) is 0 Å². The maximum Gasteiger partial charge on any atom is 0.338 e. The summed E-state index contributed by atoms with van der Waals surface area (Å²) in [5.41, 5.74) is 0.214. The predicted molar refractivity (Wildman–Crippen MR) is 97.5 cm³/mol. The molecule has 8 heteroatoms. The van der Waals surface area contributed by atoms with Crippen LogP contribution >= 0.6 is 34.5 Å². The molecule has 132 valence electrons. The quantitative estimate of drug-likeness (QED) is 0.585. The molecule has 0 spiro atoms. The predicted octanol–water partition coefficient (Wildman–Crippen LogP) is 4.12. The van der Waals surface area contributed by atoms with E-state index in [1.54, 1.807) is 12.1 Å². The molecule has 0 aliphatic heterocycles. The van der Waals surface area contributed by atoms with Crippen molar-refractivity contribution in [3.05, 3.63) is 55.7 Å². The van der Waals surface area contributed by atoms with Gasteiger partial charge in [-0.15, -0.1) is 11.3 Å². The topological polar surface area (TPSA) is 72.5 Å². The van der Waals surface area contributed by atoms with E-state index in [-0.39, 0.29) is 22.3 Å². The van der Waals surface area contributed by atoms with Gasteiger partial charge in [0.05, 0.1) is 27.0 Å². The van der Waals surface area contributed by atoms with E-state index < -0.39 is 12.1 Å². The highest BCUT2D eigenvalue weighted by Gasteiger charge is 2.22. The van der Waals surface area contributed by atoms with Crippen molar-refractivity contribution in [3.8, 4) is 0 Å². The van der Waals surface area contributed by atoms with Crippen molar-refractivity contribution in [2.45, 2.75) is 26.5 Å². The smallest absolute Gasteiger partial charge is 0.338 e. The van der Waals surface area contributed by atoms with Crippen molar-refractivity contribution >= 4 is 52.2 Å². The summed E-state index contributed by atoms with van der Waals surface area (Å²) in [5.74, 6) is -1.12. The second kappa shape index (κ2) is 8.47. The Labute approximate surface area is 158 Å². The number of halogens is 2. The Hall–Kier alpha value is -1.89. The van der Waals surface area contributed by atoms with E-state index in [4.69, 9.17) is 27.9 Å². The molecule has 0 bridgehead atoms. The maximum atomic E-state index is 12.4. The fourth-order valence-corrected chi connectivity index (χ4v) is 3.19. The lowest BCUT2D eigenvalue weighted by atomic mass is 10.2. The van der Waals surface area contributed by atoms with Crippen molar-refractivity contribution in [3.63, 3.8) is 0 Å². The van der Waals surface area contributed by atoms with Crippen LogP contribution in [0.1, 0.15) is 38.8 Å². The first kappa shape index (κ1) is 19.4. The SMILES string of the molecule is CC(=O)NCc1ccc(C(=O)C(C)OC(=O)c2ccc(Cl)c(Cl)c2)s1. The van der Waals surface area contributed by atoms with Crippen LogP contribution in [-0.2, 0) is 16.1 Å². The molecule has 1 atom stereocenters. The highest BCUT2D eigenvalue weighted by atomic mass is 35.5. The summed E-state index contributed by atoms with van der Waals surface area (Å²) in [4.78, 5) is 36.7. The Morgan fingerprint density at radius 3 is 2.52 bits per heavy atom. The molecular weight excluding hydrogens is 385 g/mol. The number of thiophene rings is 1. The van der Waals surface area contributed by atoms with Gasteiger partial charge in [-0.3, -0.25) is 9.59 Å². The summed E-state index contributed by atoms with van der Waals surface area (Å²) in [6.07, 6.45) is -0.950. The van der Waals surface area contributed by atoms with Crippen LogP contribution in [0.2, 0.25) is 10.0 Å². The van der Waals surface area contributed by atoms with Crippen LogP contribution in [0, 0.1) is 0 Å². The number of esters is 1. The van der Waals surface area contributed by atoms with Crippen molar-refractivity contribution in [1.82, 2.24) is 5.32 Å². The molecule has 0 saturated heterocycles. The zero-order chi connectivity index (χ0) is 18.6. The number of nitrogens with one attached hydrogen (secondary N) is 1. The summed E-state index contributed by atoms with van der Waals surface area (Å²) in [6, 6.07) is 7.75. The molecule has 0 saturated carbocycles. The normalized spacial score (nSPS) is 11.7. The van der Waals surface area contributed by atoms with Gasteiger partial charge in [-0.25, -0.2) is 4.79 Å². The molecular formula is C17H15Cl2NO4S. The van der Waals surface area contributed by atoms with Crippen LogP contribution in [-0.4, -0.2) is 23.8 Å². The lowest BCUT2D eigenvalue weighted by Crippen LogP contribution is -2.23. The number of amides is 1. The number of hydrogen-bond acceptors (Lipinski definition) is 5. The molecule has 0 radical (unpaired) electrons. The number of Topliss-reactive ketones (excluding diaryl/α,β-unsaturated/α-hetero) is 1. The van der Waals surface area contributed by atoms with Crippen LogP contribution in [0.3, 0.4) is 0 Å². The Morgan fingerprint density at radius 1 is 1.16 bits per heavy atom. The van der Waals surface area contributed by atoms with E-state index in [1.165, 1.54) is 43.4 Å². The maximum absolute atomic E-state index is 12.4. The summed E-state index contributed by atoms with van der Waals surface area (Å²) in [6.45, 7) is 3.28. The molecule has 25 heavy (non-hydrogen) atoms. The zero-order valence-corrected chi connectivity index (χ0v) is 15.8. The number of ketones is 1. The lowest BCUT2D eigenvalue weighted by molar-refractivity contribution is -0.119. The van der Waals surface area contributed by atoms with Crippen molar-refractivity contribution in [1.29, 1.82) is 0 Å². The molecule has 2 aromatic rings. The first-order valence-electron chi connectivity index (χ1n) is 7.31. The Bertz CT molecular complexity index is 819. The third-order valence-corrected chi connectivity index (χ3v) is 5.06. The first-order valence-corrected chi connectivity index (χ1v) is 8.88. The summed E-state index contributed by atoms with van der Waals surface area (Å²) < 4.78 is 5.20. The van der Waals surface area contributed by atoms with Crippen molar-refractivity contribution in [2.75, 3.05) is 0 Å². The third kappa shape index (κ3) is 5.29. The second-order valence-corrected chi connectivity index (χ2v) is 7.20. The van der Waals surface area contributed by atoms with Crippen molar-refractivity contribution in [2.24, 2.45) is 0 Å². The summed E-state index contributed by atoms with van der Waals surface area (Å²) >= 11 is 12.9. The van der Waals surface area contributed by atoms with E-state index in [1.807, 2.05) is 0 Å². The fraction of sp³-hybridized carbons (Fsp3) is 0.235. The minimum atomic E-state index is -0.950. The molecule has 1 amide bonds. The van der Waals surface area contributed by atoms with E-state index in [0.717, 1.165) is 4.88 Å². The van der Waals surface area contributed by atoms with Gasteiger partial charge in [0, 0.05) is 11.8 Å². The van der Waals surface area contributed by atoms with Gasteiger partial charge in [-0.1, -0.05) is 23.2 Å². The zero-order valence-electron chi connectivity index (χ0n) is 13.5. The molecule has 1 heterocycles. The molecule has 0 fully saturated rings. The van der Waals surface area contributed by atoms with Crippen LogP contribution in [0.5, 0.6) is 0 Å². The number of carbonyl (C=O) groups is 3. The van der Waals surface area contributed by atoms with Gasteiger partial charge in [0.25, 0.3) is 0 Å². The van der Waals surface area contributed by atoms with E-state index >= 15 is 0 Å². The number of rotatable bonds is 6. The van der Waals surface area contributed by atoms with E-state index in [2.05, 4.69) is 5.32 Å². The van der Waals surface area contributed by atoms with Crippen molar-refractivity contribution < 1.29 is 19.1 Å². The number of hydrogen-bond donors (Lipinski definition) is 1. The summed E-state index contributed by atoms with van der Waals surface area (Å²) in [7, 11) is 0. The Kier molecular flexibility index (Phi) is 6.58. The highest BCUT2D eigenvalue weighted by molar-refractivity contribution is 7.14. The fourth-order valence-electron chi connectivity index (χ4n) is 1.92. The number of carbonyl (C=O) groups excluding carboxylic acids is 3.